The van der Waals surface area contributed by atoms with Crippen molar-refractivity contribution in [3.05, 3.63) is 0 Å². The Morgan fingerprint density at radius 1 is 1.22 bits per heavy atom. The first-order valence-corrected chi connectivity index (χ1v) is 9.27. The summed E-state index contributed by atoms with van der Waals surface area (Å²) in [7, 11) is 1.49. The number of carbonyl (C=O) groups is 3. The first-order chi connectivity index (χ1) is 12.4. The Bertz CT molecular complexity index is 594. The molecule has 0 aromatic rings. The van der Waals surface area contributed by atoms with Gasteiger partial charge in [-0.25, -0.2) is 14.4 Å². The van der Waals surface area contributed by atoms with E-state index in [0.717, 1.165) is 0 Å². The summed E-state index contributed by atoms with van der Waals surface area (Å²) in [6.07, 6.45) is 0.210. The second-order valence-electron chi connectivity index (χ2n) is 8.56. The Morgan fingerprint density at radius 3 is 2.30 bits per heavy atom. The highest BCUT2D eigenvalue weighted by Gasteiger charge is 2.55. The summed E-state index contributed by atoms with van der Waals surface area (Å²) >= 11 is 0. The standard InChI is InChI=1S/C18H31N3O6/c1-12(2)13(14(22)23)19(6)15(24)21-8-7-9-26-18(21)10-20(11-18)16(25)27-17(3,4)5/h12-13H,7-11H2,1-6H3,(H,22,23)/t13-/m0/s1. The van der Waals surface area contributed by atoms with Crippen LogP contribution in [0.5, 0.6) is 0 Å². The molecular formula is C18H31N3O6. The van der Waals surface area contributed by atoms with E-state index in [4.69, 9.17) is 9.47 Å². The molecule has 9 heteroatoms. The Balaban J connectivity index is 2.11. The fourth-order valence-corrected chi connectivity index (χ4v) is 3.51. The van der Waals surface area contributed by atoms with Gasteiger partial charge in [-0.3, -0.25) is 9.80 Å². The van der Waals surface area contributed by atoms with Crippen LogP contribution in [0.2, 0.25) is 0 Å². The lowest BCUT2D eigenvalue weighted by Crippen LogP contribution is -2.76. The van der Waals surface area contributed by atoms with Crippen molar-refractivity contribution in [1.29, 1.82) is 0 Å². The summed E-state index contributed by atoms with van der Waals surface area (Å²) in [4.78, 5) is 41.1. The molecule has 0 aromatic heterocycles. The van der Waals surface area contributed by atoms with Gasteiger partial charge >= 0.3 is 18.1 Å². The number of aliphatic carboxylic acids is 1. The summed E-state index contributed by atoms with van der Waals surface area (Å²) < 4.78 is 11.2. The van der Waals surface area contributed by atoms with E-state index in [1.807, 2.05) is 0 Å². The summed E-state index contributed by atoms with van der Waals surface area (Å²) in [5, 5.41) is 9.47. The van der Waals surface area contributed by atoms with Crippen molar-refractivity contribution in [2.45, 2.75) is 58.4 Å². The highest BCUT2D eigenvalue weighted by molar-refractivity contribution is 5.83. The molecule has 2 saturated heterocycles. The number of likely N-dealkylation sites (tertiary alicyclic amines) is 1. The molecule has 2 heterocycles. The zero-order valence-electron chi connectivity index (χ0n) is 17.0. The highest BCUT2D eigenvalue weighted by Crippen LogP contribution is 2.34. The van der Waals surface area contributed by atoms with E-state index < -0.39 is 35.5 Å². The predicted octanol–water partition coefficient (Wildman–Crippen LogP) is 1.82. The summed E-state index contributed by atoms with van der Waals surface area (Å²) in [5.74, 6) is -1.28. The van der Waals surface area contributed by atoms with Gasteiger partial charge in [0, 0.05) is 13.6 Å². The third-order valence-electron chi connectivity index (χ3n) is 4.75. The number of carboxylic acids is 1. The van der Waals surface area contributed by atoms with Gasteiger partial charge < -0.3 is 19.5 Å². The van der Waals surface area contributed by atoms with Crippen LogP contribution in [0.1, 0.15) is 41.0 Å². The lowest BCUT2D eigenvalue weighted by molar-refractivity contribution is -0.230. The molecule has 2 aliphatic rings. The maximum atomic E-state index is 13.0. The Morgan fingerprint density at radius 2 is 1.81 bits per heavy atom. The minimum atomic E-state index is -1.04. The number of hydrogen-bond acceptors (Lipinski definition) is 5. The fraction of sp³-hybridized carbons (Fsp3) is 0.833. The molecule has 0 bridgehead atoms. The van der Waals surface area contributed by atoms with E-state index in [-0.39, 0.29) is 19.0 Å². The van der Waals surface area contributed by atoms with E-state index >= 15 is 0 Å². The largest absolute Gasteiger partial charge is 0.480 e. The topological polar surface area (TPSA) is 99.6 Å². The van der Waals surface area contributed by atoms with Gasteiger partial charge in [-0.1, -0.05) is 13.8 Å². The third-order valence-corrected chi connectivity index (χ3v) is 4.75. The molecule has 0 radical (unpaired) electrons. The summed E-state index contributed by atoms with van der Waals surface area (Å²) in [5.41, 5.74) is -1.52. The third kappa shape index (κ3) is 4.45. The number of nitrogens with zero attached hydrogens (tertiary/aromatic N) is 3. The second-order valence-corrected chi connectivity index (χ2v) is 8.56. The molecule has 2 rings (SSSR count). The van der Waals surface area contributed by atoms with Crippen LogP contribution >= 0.6 is 0 Å². The van der Waals surface area contributed by atoms with Crippen molar-refractivity contribution in [3.8, 4) is 0 Å². The molecule has 2 fully saturated rings. The van der Waals surface area contributed by atoms with Crippen molar-refractivity contribution in [3.63, 3.8) is 0 Å². The molecule has 0 saturated carbocycles. The zero-order chi connectivity index (χ0) is 20.6. The van der Waals surface area contributed by atoms with Crippen molar-refractivity contribution in [1.82, 2.24) is 14.7 Å². The molecule has 9 nitrogen and oxygen atoms in total. The first kappa shape index (κ1) is 21.3. The first-order valence-electron chi connectivity index (χ1n) is 9.27. The van der Waals surface area contributed by atoms with Gasteiger partial charge in [0.2, 0.25) is 0 Å². The van der Waals surface area contributed by atoms with E-state index in [0.29, 0.717) is 19.6 Å². The van der Waals surface area contributed by atoms with E-state index in [9.17, 15) is 19.5 Å². The normalized spacial score (nSPS) is 20.3. The van der Waals surface area contributed by atoms with Gasteiger partial charge in [-0.2, -0.15) is 0 Å². The van der Waals surface area contributed by atoms with Crippen LogP contribution in [0.15, 0.2) is 0 Å². The number of carboxylic acid groups (broad SMARTS) is 1. The number of carbonyl (C=O) groups excluding carboxylic acids is 2. The molecule has 27 heavy (non-hydrogen) atoms. The number of ether oxygens (including phenoxy) is 2. The number of amides is 3. The van der Waals surface area contributed by atoms with Crippen LogP contribution in [0, 0.1) is 5.92 Å². The number of hydrogen-bond donors (Lipinski definition) is 1. The van der Waals surface area contributed by atoms with Crippen molar-refractivity contribution >= 4 is 18.1 Å². The molecule has 1 spiro atoms. The predicted molar refractivity (Wildman–Crippen MR) is 97.2 cm³/mol. The quantitative estimate of drug-likeness (QED) is 0.795. The van der Waals surface area contributed by atoms with Gasteiger partial charge in [0.25, 0.3) is 0 Å². The lowest BCUT2D eigenvalue weighted by atomic mass is 9.99. The minimum Gasteiger partial charge on any atom is -0.480 e. The van der Waals surface area contributed by atoms with E-state index in [1.165, 1.54) is 16.8 Å². The molecule has 1 N–H and O–H groups in total. The van der Waals surface area contributed by atoms with Crippen LogP contribution in [-0.4, -0.2) is 88.6 Å². The number of urea groups is 1. The van der Waals surface area contributed by atoms with Crippen molar-refractivity contribution < 1.29 is 29.0 Å². The van der Waals surface area contributed by atoms with Gasteiger partial charge in [0.1, 0.15) is 11.6 Å². The summed E-state index contributed by atoms with van der Waals surface area (Å²) in [6, 6.07) is -1.34. The smallest absolute Gasteiger partial charge is 0.410 e. The number of likely N-dealkylation sites (N-methyl/N-ethyl adjacent to an activating group) is 1. The zero-order valence-corrected chi connectivity index (χ0v) is 17.0. The van der Waals surface area contributed by atoms with E-state index in [2.05, 4.69) is 0 Å². The monoisotopic (exact) mass is 385 g/mol. The number of rotatable bonds is 3. The van der Waals surface area contributed by atoms with Gasteiger partial charge in [0.15, 0.2) is 5.72 Å². The van der Waals surface area contributed by atoms with Crippen LogP contribution in [0.3, 0.4) is 0 Å². The van der Waals surface area contributed by atoms with E-state index in [1.54, 1.807) is 39.5 Å². The molecule has 154 valence electrons. The Hall–Kier alpha value is -2.03. The maximum Gasteiger partial charge on any atom is 0.410 e. The van der Waals surface area contributed by atoms with Crippen molar-refractivity contribution in [2.75, 3.05) is 33.3 Å². The van der Waals surface area contributed by atoms with Crippen LogP contribution in [0.25, 0.3) is 0 Å². The Labute approximate surface area is 160 Å². The molecule has 0 aromatic carbocycles. The molecule has 1 atom stereocenters. The molecular weight excluding hydrogens is 354 g/mol. The summed E-state index contributed by atoms with van der Waals surface area (Å²) in [6.45, 7) is 10.3. The SMILES string of the molecule is CC(C)[C@@H](C(=O)O)N(C)C(=O)N1CCCOC12CN(C(=O)OC(C)(C)C)C2. The molecule has 3 amide bonds. The minimum absolute atomic E-state index is 0.209. The van der Waals surface area contributed by atoms with Crippen LogP contribution in [-0.2, 0) is 14.3 Å². The fourth-order valence-electron chi connectivity index (χ4n) is 3.51. The second kappa shape index (κ2) is 7.53. The van der Waals surface area contributed by atoms with Crippen molar-refractivity contribution in [2.24, 2.45) is 5.92 Å². The van der Waals surface area contributed by atoms with Gasteiger partial charge in [-0.15, -0.1) is 0 Å². The van der Waals surface area contributed by atoms with Gasteiger partial charge in [0.05, 0.1) is 19.7 Å². The highest BCUT2D eigenvalue weighted by atomic mass is 16.6. The maximum absolute atomic E-state index is 13.0. The molecule has 2 aliphatic heterocycles. The Kier molecular flexibility index (Phi) is 5.94. The van der Waals surface area contributed by atoms with Crippen LogP contribution in [0.4, 0.5) is 9.59 Å². The lowest BCUT2D eigenvalue weighted by Gasteiger charge is -2.57. The molecule has 0 unspecified atom stereocenters. The average molecular weight is 385 g/mol. The van der Waals surface area contributed by atoms with Gasteiger partial charge in [-0.05, 0) is 33.1 Å². The molecule has 0 aliphatic carbocycles. The average Bonchev–Trinajstić information content (AvgIpc) is 2.49. The van der Waals surface area contributed by atoms with Crippen LogP contribution < -0.4 is 0 Å².